The fraction of sp³-hybridized carbons (Fsp3) is 0.625. The van der Waals surface area contributed by atoms with Crippen LogP contribution < -0.4 is 10.1 Å². The lowest BCUT2D eigenvalue weighted by Crippen LogP contribution is -2.45. The first kappa shape index (κ1) is 26.1. The average Bonchev–Trinajstić information content (AvgIpc) is 2.54. The third kappa shape index (κ3) is 7.56. The van der Waals surface area contributed by atoms with Crippen LogP contribution in [0.5, 0.6) is 5.75 Å². The van der Waals surface area contributed by atoms with Crippen LogP contribution in [0, 0.1) is 0 Å². The maximum Gasteiger partial charge on any atom is 0.416 e. The molecule has 1 aliphatic rings. The van der Waals surface area contributed by atoms with Crippen molar-refractivity contribution in [3.63, 3.8) is 0 Å². The molecule has 0 bridgehead atoms. The first-order valence-corrected chi connectivity index (χ1v) is 7.88. The largest absolute Gasteiger partial charge is 0.497 e. The molecule has 1 atom stereocenters. The Morgan fingerprint density at radius 3 is 2.15 bits per heavy atom. The van der Waals surface area contributed by atoms with Gasteiger partial charge in [0.05, 0.1) is 12.7 Å². The molecule has 1 saturated heterocycles. The van der Waals surface area contributed by atoms with E-state index in [9.17, 15) is 26.3 Å². The number of methoxy groups -OCH3 is 1. The van der Waals surface area contributed by atoms with Crippen molar-refractivity contribution in [3.8, 4) is 5.75 Å². The lowest BCUT2D eigenvalue weighted by atomic mass is 9.94. The molecule has 0 saturated carbocycles. The Balaban J connectivity index is 0.00000338. The number of rotatable bonds is 5. The van der Waals surface area contributed by atoms with E-state index in [2.05, 4.69) is 5.32 Å². The number of ether oxygens (including phenoxy) is 1. The van der Waals surface area contributed by atoms with Crippen LogP contribution in [0.3, 0.4) is 0 Å². The highest BCUT2D eigenvalue weighted by molar-refractivity contribution is 5.85. The minimum Gasteiger partial charge on any atom is -0.497 e. The molecule has 27 heavy (non-hydrogen) atoms. The highest BCUT2D eigenvalue weighted by Crippen LogP contribution is 2.41. The smallest absolute Gasteiger partial charge is 0.416 e. The summed E-state index contributed by atoms with van der Waals surface area (Å²) in [5, 5.41) is 3.05. The average molecular weight is 443 g/mol. The van der Waals surface area contributed by atoms with Gasteiger partial charge in [-0.2, -0.15) is 26.3 Å². The van der Waals surface area contributed by atoms with Gasteiger partial charge in [-0.15, -0.1) is 24.8 Å². The van der Waals surface area contributed by atoms with Crippen molar-refractivity contribution >= 4 is 24.8 Å². The Bertz CT molecular complexity index is 577. The maximum atomic E-state index is 13.5. The van der Waals surface area contributed by atoms with Crippen LogP contribution in [0.2, 0.25) is 0 Å². The molecule has 0 spiro atoms. The molecule has 11 heteroatoms. The molecule has 2 rings (SSSR count). The lowest BCUT2D eigenvalue weighted by molar-refractivity contribution is -0.141. The summed E-state index contributed by atoms with van der Waals surface area (Å²) >= 11 is 0. The molecule has 0 aromatic heterocycles. The van der Waals surface area contributed by atoms with E-state index in [1.54, 1.807) is 4.90 Å². The molecule has 1 aliphatic heterocycles. The van der Waals surface area contributed by atoms with Crippen LogP contribution in [0.25, 0.3) is 0 Å². The van der Waals surface area contributed by atoms with Crippen LogP contribution >= 0.6 is 24.8 Å². The number of hydrogen-bond acceptors (Lipinski definition) is 3. The first-order chi connectivity index (χ1) is 11.6. The second-order valence-corrected chi connectivity index (χ2v) is 5.91. The van der Waals surface area contributed by atoms with E-state index in [0.29, 0.717) is 26.2 Å². The van der Waals surface area contributed by atoms with Crippen molar-refractivity contribution in [2.24, 2.45) is 0 Å². The van der Waals surface area contributed by atoms with Gasteiger partial charge in [0.2, 0.25) is 0 Å². The predicted molar refractivity (Wildman–Crippen MR) is 95.0 cm³/mol. The summed E-state index contributed by atoms with van der Waals surface area (Å²) in [7, 11) is 1.24. The zero-order valence-electron chi connectivity index (χ0n) is 14.5. The summed E-state index contributed by atoms with van der Waals surface area (Å²) in [5.41, 5.74) is -1.09. The minimum absolute atomic E-state index is 0. The SMILES string of the molecule is COc1ccc([C@@H](CCC(F)(F)F)N2CCNCC2)c(C(F)(F)F)c1.Cl.Cl. The Morgan fingerprint density at radius 2 is 1.67 bits per heavy atom. The summed E-state index contributed by atoms with van der Waals surface area (Å²) < 4.78 is 83.3. The topological polar surface area (TPSA) is 24.5 Å². The summed E-state index contributed by atoms with van der Waals surface area (Å²) in [6.45, 7) is 1.84. The van der Waals surface area contributed by atoms with Crippen LogP contribution in [0.4, 0.5) is 26.3 Å². The maximum absolute atomic E-state index is 13.5. The van der Waals surface area contributed by atoms with Crippen molar-refractivity contribution in [3.05, 3.63) is 29.3 Å². The van der Waals surface area contributed by atoms with E-state index in [1.807, 2.05) is 0 Å². The second kappa shape index (κ2) is 10.6. The Hall–Kier alpha value is -0.900. The summed E-state index contributed by atoms with van der Waals surface area (Å²) in [6.07, 6.45) is -10.6. The normalized spacial score (nSPS) is 16.9. The van der Waals surface area contributed by atoms with Gasteiger partial charge in [-0.05, 0) is 24.1 Å². The molecule has 1 fully saturated rings. The zero-order chi connectivity index (χ0) is 18.7. The van der Waals surface area contributed by atoms with Crippen molar-refractivity contribution < 1.29 is 31.1 Å². The number of halogens is 8. The van der Waals surface area contributed by atoms with Gasteiger partial charge < -0.3 is 10.1 Å². The Morgan fingerprint density at radius 1 is 1.07 bits per heavy atom. The van der Waals surface area contributed by atoms with Gasteiger partial charge in [-0.1, -0.05) is 6.07 Å². The van der Waals surface area contributed by atoms with Crippen LogP contribution in [-0.2, 0) is 6.18 Å². The van der Waals surface area contributed by atoms with E-state index in [-0.39, 0.29) is 36.1 Å². The molecule has 0 radical (unpaired) electrons. The van der Waals surface area contributed by atoms with E-state index in [1.165, 1.54) is 19.2 Å². The van der Waals surface area contributed by atoms with Gasteiger partial charge in [0, 0.05) is 38.6 Å². The van der Waals surface area contributed by atoms with Crippen LogP contribution in [0.15, 0.2) is 18.2 Å². The first-order valence-electron chi connectivity index (χ1n) is 7.88. The highest BCUT2D eigenvalue weighted by Gasteiger charge is 2.38. The second-order valence-electron chi connectivity index (χ2n) is 5.91. The summed E-state index contributed by atoms with van der Waals surface area (Å²) in [4.78, 5) is 1.68. The quantitative estimate of drug-likeness (QED) is 0.659. The predicted octanol–water partition coefficient (Wildman–Crippen LogP) is 4.85. The van der Waals surface area contributed by atoms with Gasteiger partial charge >= 0.3 is 12.4 Å². The standard InChI is InChI=1S/C16H20F6N2O.2ClH/c1-25-11-2-3-12(13(10-11)16(20,21)22)14(4-5-15(17,18)19)24-8-6-23-7-9-24;;/h2-3,10,14,23H,4-9H2,1H3;2*1H/t14-;;/m1../s1. The highest BCUT2D eigenvalue weighted by atomic mass is 35.5. The molecule has 3 nitrogen and oxygen atoms in total. The van der Waals surface area contributed by atoms with Crippen molar-refractivity contribution in [2.45, 2.75) is 31.2 Å². The Kier molecular flexibility index (Phi) is 10.2. The number of alkyl halides is 6. The summed E-state index contributed by atoms with van der Waals surface area (Å²) in [5.74, 6) is 0.0194. The number of hydrogen-bond donors (Lipinski definition) is 1. The molecular weight excluding hydrogens is 421 g/mol. The molecule has 0 aliphatic carbocycles. The molecule has 0 amide bonds. The van der Waals surface area contributed by atoms with Gasteiger partial charge in [-0.3, -0.25) is 4.90 Å². The summed E-state index contributed by atoms with van der Waals surface area (Å²) in [6, 6.07) is 2.47. The van der Waals surface area contributed by atoms with Crippen LogP contribution in [0.1, 0.15) is 30.0 Å². The lowest BCUT2D eigenvalue weighted by Gasteiger charge is -2.36. The number of benzene rings is 1. The fourth-order valence-corrected chi connectivity index (χ4v) is 3.03. The third-order valence-electron chi connectivity index (χ3n) is 4.22. The molecule has 1 heterocycles. The van der Waals surface area contributed by atoms with Crippen LogP contribution in [-0.4, -0.2) is 44.4 Å². The molecule has 1 N–H and O–H groups in total. The number of nitrogens with zero attached hydrogens (tertiary/aromatic N) is 1. The number of nitrogens with one attached hydrogen (secondary N) is 1. The van der Waals surface area contributed by atoms with E-state index < -0.39 is 36.8 Å². The van der Waals surface area contributed by atoms with Crippen molar-refractivity contribution in [1.82, 2.24) is 10.2 Å². The monoisotopic (exact) mass is 442 g/mol. The van der Waals surface area contributed by atoms with Gasteiger partial charge in [0.25, 0.3) is 0 Å². The molecular formula is C16H22Cl2F6N2O. The number of piperazine rings is 1. The van der Waals surface area contributed by atoms with E-state index >= 15 is 0 Å². The van der Waals surface area contributed by atoms with Gasteiger partial charge in [0.15, 0.2) is 0 Å². The van der Waals surface area contributed by atoms with Crippen molar-refractivity contribution in [2.75, 3.05) is 33.3 Å². The van der Waals surface area contributed by atoms with E-state index in [4.69, 9.17) is 4.74 Å². The fourth-order valence-electron chi connectivity index (χ4n) is 3.03. The Labute approximate surface area is 166 Å². The van der Waals surface area contributed by atoms with Gasteiger partial charge in [-0.25, -0.2) is 0 Å². The molecule has 0 unspecified atom stereocenters. The molecule has 1 aromatic rings. The van der Waals surface area contributed by atoms with E-state index in [0.717, 1.165) is 6.07 Å². The molecule has 158 valence electrons. The zero-order valence-corrected chi connectivity index (χ0v) is 16.1. The minimum atomic E-state index is -4.67. The van der Waals surface area contributed by atoms with Crippen molar-refractivity contribution in [1.29, 1.82) is 0 Å². The van der Waals surface area contributed by atoms with Gasteiger partial charge in [0.1, 0.15) is 5.75 Å². The molecule has 1 aromatic carbocycles. The third-order valence-corrected chi connectivity index (χ3v) is 4.22.